The number of rotatable bonds is 2. The Morgan fingerprint density at radius 1 is 1.00 bits per heavy atom. The average molecular weight is 199 g/mol. The Morgan fingerprint density at radius 3 is 2.20 bits per heavy atom. The second kappa shape index (κ2) is 3.88. The molecule has 2 N–H and O–H groups in total. The minimum Gasteiger partial charge on any atom is -0.368 e. The van der Waals surface area contributed by atoms with Gasteiger partial charge in [0.25, 0.3) is 0 Å². The molecule has 0 spiro atoms. The minimum atomic E-state index is -0.101. The van der Waals surface area contributed by atoms with Gasteiger partial charge in [0.2, 0.25) is 5.95 Å². The van der Waals surface area contributed by atoms with E-state index in [0.717, 1.165) is 0 Å². The van der Waals surface area contributed by atoms with Crippen molar-refractivity contribution < 1.29 is 4.79 Å². The molecular weight excluding hydrogens is 190 g/mol. The molecule has 4 heteroatoms. The molecule has 0 bridgehead atoms. The zero-order chi connectivity index (χ0) is 10.7. The molecule has 0 aliphatic rings. The van der Waals surface area contributed by atoms with Gasteiger partial charge < -0.3 is 5.73 Å². The summed E-state index contributed by atoms with van der Waals surface area (Å²) in [6, 6.07) is 8.98. The number of nitrogens with zero attached hydrogens (tertiary/aromatic N) is 2. The van der Waals surface area contributed by atoms with Crippen LogP contribution in [0, 0.1) is 0 Å². The molecule has 0 saturated heterocycles. The van der Waals surface area contributed by atoms with Gasteiger partial charge >= 0.3 is 0 Å². The smallest absolute Gasteiger partial charge is 0.219 e. The van der Waals surface area contributed by atoms with Crippen LogP contribution in [0.25, 0.3) is 0 Å². The van der Waals surface area contributed by atoms with Gasteiger partial charge in [-0.25, -0.2) is 9.97 Å². The molecular formula is C11H9N3O. The maximum absolute atomic E-state index is 11.8. The number of ketones is 1. The second-order valence-corrected chi connectivity index (χ2v) is 3.03. The average Bonchev–Trinajstić information content (AvgIpc) is 2.30. The lowest BCUT2D eigenvalue weighted by molar-refractivity contribution is 0.103. The van der Waals surface area contributed by atoms with Crippen LogP contribution in [-0.4, -0.2) is 15.8 Å². The summed E-state index contributed by atoms with van der Waals surface area (Å²) in [5, 5.41) is 0. The van der Waals surface area contributed by atoms with E-state index in [2.05, 4.69) is 9.97 Å². The quantitative estimate of drug-likeness (QED) is 0.740. The summed E-state index contributed by atoms with van der Waals surface area (Å²) in [6.45, 7) is 0. The van der Waals surface area contributed by atoms with E-state index in [4.69, 9.17) is 5.73 Å². The maximum atomic E-state index is 11.8. The van der Waals surface area contributed by atoms with E-state index in [0.29, 0.717) is 11.1 Å². The lowest BCUT2D eigenvalue weighted by atomic mass is 10.1. The van der Waals surface area contributed by atoms with Gasteiger partial charge in [0.15, 0.2) is 5.78 Å². The Kier molecular flexibility index (Phi) is 2.41. The van der Waals surface area contributed by atoms with Crippen LogP contribution in [0.5, 0.6) is 0 Å². The lowest BCUT2D eigenvalue weighted by Gasteiger charge is -1.99. The van der Waals surface area contributed by atoms with Gasteiger partial charge in [-0.1, -0.05) is 30.3 Å². The van der Waals surface area contributed by atoms with Crippen LogP contribution in [-0.2, 0) is 0 Å². The van der Waals surface area contributed by atoms with E-state index < -0.39 is 0 Å². The Balaban J connectivity index is 2.33. The first kappa shape index (κ1) is 9.33. The fourth-order valence-electron chi connectivity index (χ4n) is 1.21. The molecule has 1 aromatic carbocycles. The van der Waals surface area contributed by atoms with E-state index in [-0.39, 0.29) is 11.7 Å². The van der Waals surface area contributed by atoms with Crippen LogP contribution in [0.1, 0.15) is 15.9 Å². The van der Waals surface area contributed by atoms with Crippen LogP contribution in [0.4, 0.5) is 5.95 Å². The number of hydrogen-bond acceptors (Lipinski definition) is 4. The Morgan fingerprint density at radius 2 is 1.60 bits per heavy atom. The van der Waals surface area contributed by atoms with Crippen molar-refractivity contribution in [2.45, 2.75) is 0 Å². The molecule has 2 aromatic rings. The first-order valence-corrected chi connectivity index (χ1v) is 4.44. The molecule has 0 radical (unpaired) electrons. The minimum absolute atomic E-state index is 0.101. The highest BCUT2D eigenvalue weighted by atomic mass is 16.1. The summed E-state index contributed by atoms with van der Waals surface area (Å²) in [6.07, 6.45) is 2.86. The standard InChI is InChI=1S/C11H9N3O/c12-11-13-6-9(7-14-11)10(15)8-4-2-1-3-5-8/h1-7H,(H2,12,13,14). The van der Waals surface area contributed by atoms with Crippen molar-refractivity contribution in [1.29, 1.82) is 0 Å². The summed E-state index contributed by atoms with van der Waals surface area (Å²) in [7, 11) is 0. The van der Waals surface area contributed by atoms with Crippen LogP contribution in [0.2, 0.25) is 0 Å². The number of aromatic nitrogens is 2. The van der Waals surface area contributed by atoms with E-state index in [9.17, 15) is 4.79 Å². The molecule has 0 fully saturated rings. The van der Waals surface area contributed by atoms with E-state index in [1.807, 2.05) is 18.2 Å². The number of hydrogen-bond donors (Lipinski definition) is 1. The fourth-order valence-corrected chi connectivity index (χ4v) is 1.21. The van der Waals surface area contributed by atoms with Crippen molar-refractivity contribution in [3.05, 3.63) is 53.9 Å². The summed E-state index contributed by atoms with van der Waals surface area (Å²) < 4.78 is 0. The predicted octanol–water partition coefficient (Wildman–Crippen LogP) is 1.29. The normalized spacial score (nSPS) is 9.87. The second-order valence-electron chi connectivity index (χ2n) is 3.03. The third-order valence-corrected chi connectivity index (χ3v) is 1.97. The number of carbonyl (C=O) groups excluding carboxylic acids is 1. The molecule has 0 aliphatic heterocycles. The molecule has 2 rings (SSSR count). The van der Waals surface area contributed by atoms with Gasteiger partial charge in [-0.15, -0.1) is 0 Å². The molecule has 0 atom stereocenters. The van der Waals surface area contributed by atoms with Crippen molar-refractivity contribution in [2.24, 2.45) is 0 Å². The lowest BCUT2D eigenvalue weighted by Crippen LogP contribution is -2.04. The van der Waals surface area contributed by atoms with Crippen LogP contribution < -0.4 is 5.73 Å². The molecule has 15 heavy (non-hydrogen) atoms. The van der Waals surface area contributed by atoms with Crippen molar-refractivity contribution >= 4 is 11.7 Å². The first-order valence-electron chi connectivity index (χ1n) is 4.44. The van der Waals surface area contributed by atoms with E-state index >= 15 is 0 Å². The number of benzene rings is 1. The fraction of sp³-hybridized carbons (Fsp3) is 0. The number of nitrogen functional groups attached to an aromatic ring is 1. The summed E-state index contributed by atoms with van der Waals surface area (Å²) in [4.78, 5) is 19.4. The molecule has 0 unspecified atom stereocenters. The summed E-state index contributed by atoms with van der Waals surface area (Å²) >= 11 is 0. The Labute approximate surface area is 86.8 Å². The topological polar surface area (TPSA) is 68.9 Å². The van der Waals surface area contributed by atoms with Crippen molar-refractivity contribution in [3.63, 3.8) is 0 Å². The third kappa shape index (κ3) is 1.99. The van der Waals surface area contributed by atoms with Gasteiger partial charge in [0.1, 0.15) is 0 Å². The molecule has 0 aliphatic carbocycles. The maximum Gasteiger partial charge on any atom is 0.219 e. The molecule has 1 heterocycles. The molecule has 74 valence electrons. The van der Waals surface area contributed by atoms with Gasteiger partial charge in [-0.2, -0.15) is 0 Å². The van der Waals surface area contributed by atoms with Crippen LogP contribution >= 0.6 is 0 Å². The van der Waals surface area contributed by atoms with Gasteiger partial charge in [-0.05, 0) is 0 Å². The molecule has 0 amide bonds. The van der Waals surface area contributed by atoms with E-state index in [1.165, 1.54) is 12.4 Å². The highest BCUT2D eigenvalue weighted by molar-refractivity contribution is 6.08. The van der Waals surface area contributed by atoms with Gasteiger partial charge in [-0.3, -0.25) is 4.79 Å². The third-order valence-electron chi connectivity index (χ3n) is 1.97. The van der Waals surface area contributed by atoms with Crippen molar-refractivity contribution in [3.8, 4) is 0 Å². The zero-order valence-electron chi connectivity index (χ0n) is 7.92. The van der Waals surface area contributed by atoms with Crippen molar-refractivity contribution in [1.82, 2.24) is 9.97 Å². The van der Waals surface area contributed by atoms with Crippen LogP contribution in [0.3, 0.4) is 0 Å². The molecule has 1 aromatic heterocycles. The van der Waals surface area contributed by atoms with Crippen molar-refractivity contribution in [2.75, 3.05) is 5.73 Å². The Bertz CT molecular complexity index is 465. The van der Waals surface area contributed by atoms with Crippen LogP contribution in [0.15, 0.2) is 42.7 Å². The number of nitrogens with two attached hydrogens (primary N) is 1. The molecule has 4 nitrogen and oxygen atoms in total. The zero-order valence-corrected chi connectivity index (χ0v) is 7.92. The summed E-state index contributed by atoms with van der Waals surface area (Å²) in [5.41, 5.74) is 6.39. The van der Waals surface area contributed by atoms with E-state index in [1.54, 1.807) is 12.1 Å². The number of carbonyl (C=O) groups is 1. The highest BCUT2D eigenvalue weighted by Gasteiger charge is 2.08. The highest BCUT2D eigenvalue weighted by Crippen LogP contribution is 2.07. The number of anilines is 1. The first-order chi connectivity index (χ1) is 7.27. The monoisotopic (exact) mass is 199 g/mol. The largest absolute Gasteiger partial charge is 0.368 e. The summed E-state index contributed by atoms with van der Waals surface area (Å²) in [5.74, 6) is 0.0650. The van der Waals surface area contributed by atoms with Gasteiger partial charge in [0.05, 0.1) is 5.56 Å². The Hall–Kier alpha value is -2.23. The van der Waals surface area contributed by atoms with Gasteiger partial charge in [0, 0.05) is 18.0 Å². The predicted molar refractivity (Wildman–Crippen MR) is 56.3 cm³/mol. The molecule has 0 saturated carbocycles. The SMILES string of the molecule is Nc1ncc(C(=O)c2ccccc2)cn1.